The van der Waals surface area contributed by atoms with Gasteiger partial charge in [0.25, 0.3) is 11.8 Å². The van der Waals surface area contributed by atoms with Gasteiger partial charge >= 0.3 is 0 Å². The molecule has 26 heavy (non-hydrogen) atoms. The number of piperidine rings is 1. The number of carbonyl (C=O) groups is 2. The fraction of sp³-hybridized carbons (Fsp3) is 0.333. The molecule has 4 nitrogen and oxygen atoms in total. The van der Waals surface area contributed by atoms with Gasteiger partial charge in [0.2, 0.25) is 0 Å². The van der Waals surface area contributed by atoms with Gasteiger partial charge in [0, 0.05) is 36.3 Å². The highest BCUT2D eigenvalue weighted by molar-refractivity contribution is 5.97. The van der Waals surface area contributed by atoms with Crippen LogP contribution in [0.25, 0.3) is 0 Å². The van der Waals surface area contributed by atoms with E-state index in [-0.39, 0.29) is 24.2 Å². The predicted molar refractivity (Wildman–Crippen MR) is 98.3 cm³/mol. The highest BCUT2D eigenvalue weighted by Gasteiger charge is 2.21. The van der Waals surface area contributed by atoms with E-state index in [1.54, 1.807) is 42.5 Å². The molecule has 1 aliphatic rings. The zero-order valence-electron chi connectivity index (χ0n) is 14.9. The summed E-state index contributed by atoms with van der Waals surface area (Å²) in [7, 11) is 0. The van der Waals surface area contributed by atoms with Crippen molar-refractivity contribution in [1.82, 2.24) is 10.2 Å². The third-order valence-electron chi connectivity index (χ3n) is 4.86. The number of hydrogen-bond acceptors (Lipinski definition) is 2. The van der Waals surface area contributed by atoms with E-state index >= 15 is 0 Å². The molecule has 0 aliphatic carbocycles. The molecule has 1 fully saturated rings. The molecule has 1 saturated heterocycles. The van der Waals surface area contributed by atoms with Crippen molar-refractivity contribution in [3.63, 3.8) is 0 Å². The summed E-state index contributed by atoms with van der Waals surface area (Å²) in [6, 6.07) is 13.0. The minimum absolute atomic E-state index is 0.00946. The molecule has 2 amide bonds. The van der Waals surface area contributed by atoms with Crippen LogP contribution in [0.4, 0.5) is 4.39 Å². The second kappa shape index (κ2) is 8.13. The fourth-order valence-corrected chi connectivity index (χ4v) is 3.08. The van der Waals surface area contributed by atoms with Crippen LogP contribution in [-0.2, 0) is 6.54 Å². The van der Waals surface area contributed by atoms with E-state index < -0.39 is 0 Å². The maximum Gasteiger partial charge on any atom is 0.253 e. The van der Waals surface area contributed by atoms with E-state index in [2.05, 4.69) is 12.2 Å². The van der Waals surface area contributed by atoms with E-state index in [1.165, 1.54) is 6.07 Å². The fourth-order valence-electron chi connectivity index (χ4n) is 3.08. The first kappa shape index (κ1) is 18.1. The number of likely N-dealkylation sites (tertiary alicyclic amines) is 1. The van der Waals surface area contributed by atoms with Crippen molar-refractivity contribution >= 4 is 11.8 Å². The van der Waals surface area contributed by atoms with Gasteiger partial charge in [0.1, 0.15) is 5.82 Å². The molecule has 136 valence electrons. The molecule has 2 aromatic carbocycles. The van der Waals surface area contributed by atoms with Crippen LogP contribution in [0.5, 0.6) is 0 Å². The van der Waals surface area contributed by atoms with E-state index in [0.29, 0.717) is 22.6 Å². The maximum atomic E-state index is 13.6. The number of amides is 2. The Balaban J connectivity index is 1.59. The second-order valence-electron chi connectivity index (χ2n) is 6.83. The van der Waals surface area contributed by atoms with E-state index in [4.69, 9.17) is 0 Å². The minimum atomic E-state index is -0.343. The van der Waals surface area contributed by atoms with E-state index in [9.17, 15) is 14.0 Å². The van der Waals surface area contributed by atoms with Crippen molar-refractivity contribution in [2.45, 2.75) is 26.3 Å². The van der Waals surface area contributed by atoms with Crippen LogP contribution in [0.15, 0.2) is 48.5 Å². The van der Waals surface area contributed by atoms with Crippen molar-refractivity contribution in [1.29, 1.82) is 0 Å². The Morgan fingerprint density at radius 3 is 2.31 bits per heavy atom. The standard InChI is InChI=1S/C21H23FN2O2/c1-15-10-12-24(13-11-15)21(26)17-8-6-16(7-9-17)20(25)23-14-18-4-2-3-5-19(18)22/h2-9,15H,10-14H2,1H3,(H,23,25). The average molecular weight is 354 g/mol. The Kier molecular flexibility index (Phi) is 5.66. The molecular weight excluding hydrogens is 331 g/mol. The number of halogens is 1. The molecule has 2 aromatic rings. The van der Waals surface area contributed by atoms with Gasteiger partial charge in [-0.2, -0.15) is 0 Å². The summed E-state index contributed by atoms with van der Waals surface area (Å²) in [5.41, 5.74) is 1.47. The Morgan fingerprint density at radius 1 is 1.04 bits per heavy atom. The SMILES string of the molecule is CC1CCN(C(=O)c2ccc(C(=O)NCc3ccccc3F)cc2)CC1. The summed E-state index contributed by atoms with van der Waals surface area (Å²) in [5, 5.41) is 2.70. The lowest BCUT2D eigenvalue weighted by Gasteiger charge is -2.30. The summed E-state index contributed by atoms with van der Waals surface area (Å²) in [4.78, 5) is 26.6. The van der Waals surface area contributed by atoms with E-state index in [1.807, 2.05) is 4.90 Å². The summed E-state index contributed by atoms with van der Waals surface area (Å²) in [6.45, 7) is 3.89. The summed E-state index contributed by atoms with van der Waals surface area (Å²) >= 11 is 0. The molecule has 0 aromatic heterocycles. The normalized spacial score (nSPS) is 14.9. The number of benzene rings is 2. The summed E-state index contributed by atoms with van der Waals surface area (Å²) in [6.07, 6.45) is 2.06. The first-order valence-corrected chi connectivity index (χ1v) is 8.95. The first-order chi connectivity index (χ1) is 12.5. The maximum absolute atomic E-state index is 13.6. The molecule has 1 heterocycles. The van der Waals surface area contributed by atoms with Crippen LogP contribution in [0, 0.1) is 11.7 Å². The first-order valence-electron chi connectivity index (χ1n) is 8.95. The van der Waals surface area contributed by atoms with Crippen molar-refractivity contribution in [2.24, 2.45) is 5.92 Å². The van der Waals surface area contributed by atoms with Crippen LogP contribution < -0.4 is 5.32 Å². The summed E-state index contributed by atoms with van der Waals surface area (Å²) in [5.74, 6) is 0.0402. The molecule has 0 bridgehead atoms. The minimum Gasteiger partial charge on any atom is -0.348 e. The van der Waals surface area contributed by atoms with Gasteiger partial charge in [-0.15, -0.1) is 0 Å². The van der Waals surface area contributed by atoms with Gasteiger partial charge < -0.3 is 10.2 Å². The lowest BCUT2D eigenvalue weighted by molar-refractivity contribution is 0.0696. The number of hydrogen-bond donors (Lipinski definition) is 1. The Bertz CT molecular complexity index is 781. The van der Waals surface area contributed by atoms with Gasteiger partial charge in [-0.25, -0.2) is 4.39 Å². The monoisotopic (exact) mass is 354 g/mol. The Morgan fingerprint density at radius 2 is 1.65 bits per heavy atom. The van der Waals surface area contributed by atoms with Crippen molar-refractivity contribution in [3.05, 3.63) is 71.0 Å². The van der Waals surface area contributed by atoms with E-state index in [0.717, 1.165) is 25.9 Å². The van der Waals surface area contributed by atoms with Crippen LogP contribution >= 0.6 is 0 Å². The quantitative estimate of drug-likeness (QED) is 0.911. The average Bonchev–Trinajstić information content (AvgIpc) is 2.67. The highest BCUT2D eigenvalue weighted by Crippen LogP contribution is 2.18. The molecule has 5 heteroatoms. The van der Waals surface area contributed by atoms with Crippen LogP contribution in [0.2, 0.25) is 0 Å². The Labute approximate surface area is 153 Å². The molecule has 0 saturated carbocycles. The topological polar surface area (TPSA) is 49.4 Å². The van der Waals surface area contributed by atoms with Crippen LogP contribution in [0.3, 0.4) is 0 Å². The zero-order chi connectivity index (χ0) is 18.5. The second-order valence-corrected chi connectivity index (χ2v) is 6.83. The van der Waals surface area contributed by atoms with Crippen LogP contribution in [0.1, 0.15) is 46.0 Å². The van der Waals surface area contributed by atoms with Gasteiger partial charge in [0.15, 0.2) is 0 Å². The molecule has 0 spiro atoms. The number of nitrogens with one attached hydrogen (secondary N) is 1. The third-order valence-corrected chi connectivity index (χ3v) is 4.86. The summed E-state index contributed by atoms with van der Waals surface area (Å²) < 4.78 is 13.6. The molecule has 0 unspecified atom stereocenters. The van der Waals surface area contributed by atoms with Crippen molar-refractivity contribution in [3.8, 4) is 0 Å². The van der Waals surface area contributed by atoms with Crippen molar-refractivity contribution < 1.29 is 14.0 Å². The zero-order valence-corrected chi connectivity index (χ0v) is 14.9. The molecule has 0 radical (unpaired) electrons. The van der Waals surface area contributed by atoms with Crippen LogP contribution in [-0.4, -0.2) is 29.8 Å². The lowest BCUT2D eigenvalue weighted by Crippen LogP contribution is -2.37. The van der Waals surface area contributed by atoms with Gasteiger partial charge in [-0.3, -0.25) is 9.59 Å². The predicted octanol–water partition coefficient (Wildman–Crippen LogP) is 3.63. The molecule has 1 N–H and O–H groups in total. The van der Waals surface area contributed by atoms with Gasteiger partial charge in [-0.1, -0.05) is 25.1 Å². The highest BCUT2D eigenvalue weighted by atomic mass is 19.1. The Hall–Kier alpha value is -2.69. The molecular formula is C21H23FN2O2. The number of nitrogens with zero attached hydrogens (tertiary/aromatic N) is 1. The smallest absolute Gasteiger partial charge is 0.253 e. The number of rotatable bonds is 4. The van der Waals surface area contributed by atoms with Gasteiger partial charge in [0.05, 0.1) is 0 Å². The third kappa shape index (κ3) is 4.28. The lowest BCUT2D eigenvalue weighted by atomic mass is 9.98. The largest absolute Gasteiger partial charge is 0.348 e. The molecule has 0 atom stereocenters. The van der Waals surface area contributed by atoms with Crippen molar-refractivity contribution in [2.75, 3.05) is 13.1 Å². The van der Waals surface area contributed by atoms with Gasteiger partial charge in [-0.05, 0) is 49.1 Å². The molecule has 3 rings (SSSR count). The molecule has 1 aliphatic heterocycles. The number of carbonyl (C=O) groups excluding carboxylic acids is 2.